The lowest BCUT2D eigenvalue weighted by Gasteiger charge is -2.11. The number of nitrogens with two attached hydrogens (primary N) is 1. The summed E-state index contributed by atoms with van der Waals surface area (Å²) < 4.78 is 6.44. The first-order valence-corrected chi connectivity index (χ1v) is 7.47. The quantitative estimate of drug-likeness (QED) is 0.675. The first-order valence-electron chi connectivity index (χ1n) is 5.86. The van der Waals surface area contributed by atoms with Gasteiger partial charge in [0.1, 0.15) is 0 Å². The van der Waals surface area contributed by atoms with Crippen molar-refractivity contribution in [2.45, 2.75) is 13.8 Å². The van der Waals surface area contributed by atoms with E-state index in [0.717, 1.165) is 8.66 Å². The molecule has 0 fully saturated rings. The third kappa shape index (κ3) is 2.82. The molecule has 5 heteroatoms. The molecule has 0 saturated carbocycles. The number of hydrogen-bond acceptors (Lipinski definition) is 4. The number of carbonyl (C=O) groups excluding carboxylic acids is 1. The van der Waals surface area contributed by atoms with Crippen molar-refractivity contribution in [3.8, 4) is 5.75 Å². The number of aryl methyl sites for hydroxylation is 1. The van der Waals surface area contributed by atoms with Crippen LogP contribution in [-0.2, 0) is 0 Å². The summed E-state index contributed by atoms with van der Waals surface area (Å²) in [6.45, 7) is 4.27. The average Bonchev–Trinajstić information content (AvgIpc) is 2.70. The summed E-state index contributed by atoms with van der Waals surface area (Å²) in [5.41, 5.74) is 7.56. The second-order valence-electron chi connectivity index (χ2n) is 4.01. The summed E-state index contributed by atoms with van der Waals surface area (Å²) in [6.07, 6.45) is 0. The van der Waals surface area contributed by atoms with E-state index < -0.39 is 0 Å². The second-order valence-corrected chi connectivity index (χ2v) is 6.64. The molecule has 19 heavy (non-hydrogen) atoms. The Morgan fingerprint density at radius 3 is 2.74 bits per heavy atom. The van der Waals surface area contributed by atoms with Crippen LogP contribution in [0.3, 0.4) is 0 Å². The molecule has 0 bridgehead atoms. The summed E-state index contributed by atoms with van der Waals surface area (Å²) in [5.74, 6) is 0.409. The van der Waals surface area contributed by atoms with E-state index in [9.17, 15) is 4.79 Å². The van der Waals surface area contributed by atoms with Gasteiger partial charge in [-0.05, 0) is 48.0 Å². The Morgan fingerprint density at radius 1 is 1.42 bits per heavy atom. The Hall–Kier alpha value is -1.33. The topological polar surface area (TPSA) is 52.3 Å². The number of halogens is 1. The van der Waals surface area contributed by atoms with Crippen LogP contribution in [-0.4, -0.2) is 12.4 Å². The fourth-order valence-electron chi connectivity index (χ4n) is 1.86. The Labute approximate surface area is 124 Å². The summed E-state index contributed by atoms with van der Waals surface area (Å²) in [5, 5.41) is 0. The van der Waals surface area contributed by atoms with Gasteiger partial charge < -0.3 is 10.5 Å². The van der Waals surface area contributed by atoms with Gasteiger partial charge >= 0.3 is 0 Å². The Balaban J connectivity index is 2.50. The largest absolute Gasteiger partial charge is 0.491 e. The van der Waals surface area contributed by atoms with E-state index in [0.29, 0.717) is 29.2 Å². The highest BCUT2D eigenvalue weighted by Gasteiger charge is 2.19. The lowest BCUT2D eigenvalue weighted by molar-refractivity contribution is 0.103. The van der Waals surface area contributed by atoms with Crippen LogP contribution >= 0.6 is 27.3 Å². The number of rotatable bonds is 4. The number of hydrogen-bond donors (Lipinski definition) is 1. The smallest absolute Gasteiger partial charge is 0.197 e. The fourth-order valence-corrected chi connectivity index (χ4v) is 3.54. The molecule has 0 aliphatic rings. The highest BCUT2D eigenvalue weighted by atomic mass is 79.9. The molecule has 0 amide bonds. The zero-order valence-electron chi connectivity index (χ0n) is 10.7. The molecule has 2 N–H and O–H groups in total. The lowest BCUT2D eigenvalue weighted by atomic mass is 10.0. The van der Waals surface area contributed by atoms with Gasteiger partial charge in [-0.15, -0.1) is 11.3 Å². The first-order chi connectivity index (χ1) is 9.04. The predicted octanol–water partition coefficient (Wildman–Crippen LogP) is 4.03. The third-order valence-corrected chi connectivity index (χ3v) is 4.26. The predicted molar refractivity (Wildman–Crippen MR) is 82.2 cm³/mol. The van der Waals surface area contributed by atoms with Crippen LogP contribution in [0.5, 0.6) is 5.75 Å². The van der Waals surface area contributed by atoms with Crippen molar-refractivity contribution in [3.05, 3.63) is 44.1 Å². The van der Waals surface area contributed by atoms with Crippen LogP contribution in [0.15, 0.2) is 28.1 Å². The van der Waals surface area contributed by atoms with Crippen LogP contribution in [0.2, 0.25) is 0 Å². The molecule has 1 aromatic heterocycles. The summed E-state index contributed by atoms with van der Waals surface area (Å²) in [4.78, 5) is 13.6. The number of anilines is 1. The average molecular weight is 340 g/mol. The molecule has 3 nitrogen and oxygen atoms in total. The molecule has 0 aliphatic carbocycles. The van der Waals surface area contributed by atoms with Crippen LogP contribution in [0.4, 0.5) is 5.69 Å². The number of thiophene rings is 1. The molecule has 0 spiro atoms. The number of ether oxygens (including phenoxy) is 1. The first kappa shape index (κ1) is 14.1. The van der Waals surface area contributed by atoms with E-state index in [1.54, 1.807) is 18.2 Å². The molecule has 2 aromatic rings. The molecule has 0 saturated heterocycles. The minimum atomic E-state index is -0.0600. The highest BCUT2D eigenvalue weighted by Crippen LogP contribution is 2.32. The lowest BCUT2D eigenvalue weighted by Crippen LogP contribution is -2.07. The Morgan fingerprint density at radius 2 is 2.16 bits per heavy atom. The van der Waals surface area contributed by atoms with Gasteiger partial charge in [-0.2, -0.15) is 0 Å². The molecule has 1 aromatic carbocycles. The maximum absolute atomic E-state index is 12.6. The van der Waals surface area contributed by atoms with E-state index in [-0.39, 0.29) is 5.78 Å². The molecule has 1 heterocycles. The van der Waals surface area contributed by atoms with E-state index in [1.807, 2.05) is 19.9 Å². The van der Waals surface area contributed by atoms with E-state index in [1.165, 1.54) is 11.3 Å². The number of ketones is 1. The summed E-state index contributed by atoms with van der Waals surface area (Å²) in [7, 11) is 0. The molecule has 0 atom stereocenters. The van der Waals surface area contributed by atoms with Gasteiger partial charge in [-0.1, -0.05) is 6.07 Å². The van der Waals surface area contributed by atoms with Crippen molar-refractivity contribution in [1.29, 1.82) is 0 Å². The van der Waals surface area contributed by atoms with Gasteiger partial charge in [0, 0.05) is 10.4 Å². The summed E-state index contributed by atoms with van der Waals surface area (Å²) >= 11 is 4.94. The van der Waals surface area contributed by atoms with Crippen molar-refractivity contribution in [2.24, 2.45) is 0 Å². The molecule has 0 unspecified atom stereocenters. The fraction of sp³-hybridized carbons (Fsp3) is 0.214. The standard InChI is InChI=1S/C14H14BrNO2S/c1-3-18-14-9(5-4-6-11(14)16)13(17)10-7-12(15)19-8(10)2/h4-7H,3,16H2,1-2H3. The molecular formula is C14H14BrNO2S. The highest BCUT2D eigenvalue weighted by molar-refractivity contribution is 9.11. The van der Waals surface area contributed by atoms with Crippen LogP contribution in [0, 0.1) is 6.92 Å². The maximum Gasteiger partial charge on any atom is 0.197 e. The van der Waals surface area contributed by atoms with E-state index in [2.05, 4.69) is 15.9 Å². The van der Waals surface area contributed by atoms with Crippen LogP contribution < -0.4 is 10.5 Å². The number of carbonyl (C=O) groups is 1. The van der Waals surface area contributed by atoms with Gasteiger partial charge in [0.25, 0.3) is 0 Å². The Bertz CT molecular complexity index is 622. The molecular weight excluding hydrogens is 326 g/mol. The van der Waals surface area contributed by atoms with Gasteiger partial charge in [0.2, 0.25) is 0 Å². The SMILES string of the molecule is CCOc1c(N)cccc1C(=O)c1cc(Br)sc1C. The molecule has 0 aliphatic heterocycles. The number of nitrogen functional groups attached to an aromatic ring is 1. The van der Waals surface area contributed by atoms with Crippen molar-refractivity contribution in [2.75, 3.05) is 12.3 Å². The van der Waals surface area contributed by atoms with Crippen molar-refractivity contribution in [1.82, 2.24) is 0 Å². The second kappa shape index (κ2) is 5.75. The molecule has 100 valence electrons. The van der Waals surface area contributed by atoms with Crippen LogP contribution in [0.1, 0.15) is 27.7 Å². The van der Waals surface area contributed by atoms with Crippen LogP contribution in [0.25, 0.3) is 0 Å². The van der Waals surface area contributed by atoms with Gasteiger partial charge in [-0.25, -0.2) is 0 Å². The zero-order valence-corrected chi connectivity index (χ0v) is 13.1. The minimum Gasteiger partial charge on any atom is -0.491 e. The number of benzene rings is 1. The third-order valence-electron chi connectivity index (χ3n) is 2.71. The van der Waals surface area contributed by atoms with Crippen molar-refractivity contribution in [3.63, 3.8) is 0 Å². The Kier molecular flexibility index (Phi) is 4.27. The minimum absolute atomic E-state index is 0.0600. The molecule has 0 radical (unpaired) electrons. The van der Waals surface area contributed by atoms with Gasteiger partial charge in [0.05, 0.1) is 21.6 Å². The van der Waals surface area contributed by atoms with Gasteiger partial charge in [0.15, 0.2) is 11.5 Å². The molecule has 2 rings (SSSR count). The van der Waals surface area contributed by atoms with E-state index >= 15 is 0 Å². The van der Waals surface area contributed by atoms with Gasteiger partial charge in [-0.3, -0.25) is 4.79 Å². The number of para-hydroxylation sites is 1. The monoisotopic (exact) mass is 339 g/mol. The normalized spacial score (nSPS) is 10.5. The van der Waals surface area contributed by atoms with Crippen molar-refractivity contribution < 1.29 is 9.53 Å². The van der Waals surface area contributed by atoms with E-state index in [4.69, 9.17) is 10.5 Å². The summed E-state index contributed by atoms with van der Waals surface area (Å²) in [6, 6.07) is 7.08. The zero-order chi connectivity index (χ0) is 14.0. The maximum atomic E-state index is 12.6. The van der Waals surface area contributed by atoms with Crippen molar-refractivity contribution >= 4 is 38.7 Å².